The van der Waals surface area contributed by atoms with Gasteiger partial charge in [-0.1, -0.05) is 15.9 Å². The Morgan fingerprint density at radius 1 is 1.47 bits per heavy atom. The van der Waals surface area contributed by atoms with Crippen LogP contribution in [0.5, 0.6) is 0 Å². The van der Waals surface area contributed by atoms with Gasteiger partial charge in [0.1, 0.15) is 12.4 Å². The summed E-state index contributed by atoms with van der Waals surface area (Å²) >= 11 is 3.43. The molecule has 0 fully saturated rings. The summed E-state index contributed by atoms with van der Waals surface area (Å²) in [5, 5.41) is 0. The summed E-state index contributed by atoms with van der Waals surface area (Å²) in [5.41, 5.74) is 12.7. The number of aryl methyl sites for hydroxylation is 1. The number of nitrogens with two attached hydrogens (primary N) is 2. The maximum Gasteiger partial charge on any atom is 0.186 e. The van der Waals surface area contributed by atoms with Crippen molar-refractivity contribution in [3.8, 4) is 0 Å². The van der Waals surface area contributed by atoms with Crippen LogP contribution in [0.1, 0.15) is 12.7 Å². The van der Waals surface area contributed by atoms with E-state index in [1.807, 2.05) is 18.2 Å². The van der Waals surface area contributed by atoms with Crippen LogP contribution in [0, 0.1) is 0 Å². The highest BCUT2D eigenvalue weighted by atomic mass is 79.9. The van der Waals surface area contributed by atoms with E-state index in [-0.39, 0.29) is 5.96 Å². The number of benzene rings is 1. The first-order chi connectivity index (χ1) is 8.11. The van der Waals surface area contributed by atoms with Crippen molar-refractivity contribution in [3.05, 3.63) is 28.5 Å². The van der Waals surface area contributed by atoms with Crippen LogP contribution in [0.25, 0.3) is 11.0 Å². The van der Waals surface area contributed by atoms with E-state index in [4.69, 9.17) is 11.5 Å². The molecule has 1 aromatic heterocycles. The lowest BCUT2D eigenvalue weighted by atomic mass is 10.3. The van der Waals surface area contributed by atoms with E-state index in [2.05, 4.69) is 37.4 Å². The molecule has 4 N–H and O–H groups in total. The minimum atomic E-state index is 0.0842. The number of guanidine groups is 1. The molecule has 0 radical (unpaired) electrons. The molecule has 17 heavy (non-hydrogen) atoms. The van der Waals surface area contributed by atoms with Gasteiger partial charge in [-0.15, -0.1) is 0 Å². The Balaban J connectivity index is 2.51. The molecular formula is C11H14BrN5. The summed E-state index contributed by atoms with van der Waals surface area (Å²) in [6.45, 7) is 3.32. The summed E-state index contributed by atoms with van der Waals surface area (Å²) in [5.74, 6) is 0.954. The average molecular weight is 296 g/mol. The zero-order chi connectivity index (χ0) is 12.4. The molecule has 0 spiro atoms. The summed E-state index contributed by atoms with van der Waals surface area (Å²) in [6, 6.07) is 6.02. The monoisotopic (exact) mass is 295 g/mol. The molecule has 5 nitrogen and oxygen atoms in total. The number of hydrogen-bond donors (Lipinski definition) is 2. The Morgan fingerprint density at radius 2 is 2.24 bits per heavy atom. The Hall–Kier alpha value is -1.56. The first-order valence-corrected chi connectivity index (χ1v) is 6.11. The second-order valence-corrected chi connectivity index (χ2v) is 4.56. The van der Waals surface area contributed by atoms with Gasteiger partial charge in [-0.3, -0.25) is 0 Å². The standard InChI is InChI=1S/C11H14BrN5/c1-2-17-9-4-3-7(12)5-8(9)16-10(17)6-15-11(13)14/h3-5H,2,6H2,1H3,(H4,13,14,15). The Labute approximate surface area is 108 Å². The van der Waals surface area contributed by atoms with Gasteiger partial charge in [0.15, 0.2) is 5.96 Å². The van der Waals surface area contributed by atoms with Crippen LogP contribution >= 0.6 is 15.9 Å². The predicted octanol–water partition coefficient (Wildman–Crippen LogP) is 1.59. The maximum atomic E-state index is 5.33. The second-order valence-electron chi connectivity index (χ2n) is 3.65. The third kappa shape index (κ3) is 2.41. The number of aliphatic imine (C=N–C) groups is 1. The number of halogens is 1. The number of hydrogen-bond acceptors (Lipinski definition) is 2. The Kier molecular flexibility index (Phi) is 3.33. The highest BCUT2D eigenvalue weighted by Crippen LogP contribution is 2.21. The first-order valence-electron chi connectivity index (χ1n) is 5.32. The Morgan fingerprint density at radius 3 is 2.88 bits per heavy atom. The summed E-state index contributed by atoms with van der Waals surface area (Å²) < 4.78 is 3.12. The zero-order valence-electron chi connectivity index (χ0n) is 9.52. The number of nitrogens with zero attached hydrogens (tertiary/aromatic N) is 3. The van der Waals surface area contributed by atoms with E-state index in [1.54, 1.807) is 0 Å². The number of fused-ring (bicyclic) bond motifs is 1. The normalized spacial score (nSPS) is 10.7. The van der Waals surface area contributed by atoms with Crippen LogP contribution in [0.3, 0.4) is 0 Å². The molecule has 0 saturated carbocycles. The van der Waals surface area contributed by atoms with E-state index in [1.165, 1.54) is 0 Å². The van der Waals surface area contributed by atoms with Crippen molar-refractivity contribution in [2.45, 2.75) is 20.0 Å². The van der Waals surface area contributed by atoms with Crippen LogP contribution in [0.2, 0.25) is 0 Å². The topological polar surface area (TPSA) is 82.2 Å². The number of rotatable bonds is 3. The molecule has 0 aliphatic rings. The van der Waals surface area contributed by atoms with E-state index >= 15 is 0 Å². The van der Waals surface area contributed by atoms with Gasteiger partial charge in [0.25, 0.3) is 0 Å². The van der Waals surface area contributed by atoms with Crippen molar-refractivity contribution < 1.29 is 0 Å². The number of aromatic nitrogens is 2. The SMILES string of the molecule is CCn1c(CN=C(N)N)nc2cc(Br)ccc21. The smallest absolute Gasteiger partial charge is 0.186 e. The molecule has 2 aromatic rings. The van der Waals surface area contributed by atoms with Crippen molar-refractivity contribution in [2.24, 2.45) is 16.5 Å². The van der Waals surface area contributed by atoms with E-state index in [9.17, 15) is 0 Å². The lowest BCUT2D eigenvalue weighted by Gasteiger charge is -2.03. The fraction of sp³-hybridized carbons (Fsp3) is 0.273. The maximum absolute atomic E-state index is 5.33. The van der Waals surface area contributed by atoms with Crippen molar-refractivity contribution in [1.29, 1.82) is 0 Å². The average Bonchev–Trinajstić information content (AvgIpc) is 2.62. The molecule has 1 heterocycles. The van der Waals surface area contributed by atoms with Gasteiger partial charge >= 0.3 is 0 Å². The van der Waals surface area contributed by atoms with Gasteiger partial charge in [-0.2, -0.15) is 0 Å². The van der Waals surface area contributed by atoms with Crippen LogP contribution in [0.15, 0.2) is 27.7 Å². The third-order valence-electron chi connectivity index (χ3n) is 2.51. The lowest BCUT2D eigenvalue weighted by molar-refractivity contribution is 0.718. The molecule has 1 aromatic carbocycles. The molecule has 0 bridgehead atoms. The van der Waals surface area contributed by atoms with Crippen LogP contribution < -0.4 is 11.5 Å². The number of imidazole rings is 1. The quantitative estimate of drug-likeness (QED) is 0.666. The zero-order valence-corrected chi connectivity index (χ0v) is 11.1. The minimum absolute atomic E-state index is 0.0842. The molecule has 2 rings (SSSR count). The molecule has 0 aliphatic carbocycles. The highest BCUT2D eigenvalue weighted by molar-refractivity contribution is 9.10. The van der Waals surface area contributed by atoms with Gasteiger partial charge in [0.05, 0.1) is 11.0 Å². The third-order valence-corrected chi connectivity index (χ3v) is 3.00. The van der Waals surface area contributed by atoms with Gasteiger partial charge in [-0.05, 0) is 25.1 Å². The molecule has 0 aliphatic heterocycles. The van der Waals surface area contributed by atoms with Crippen molar-refractivity contribution in [1.82, 2.24) is 9.55 Å². The van der Waals surface area contributed by atoms with Crippen molar-refractivity contribution in [2.75, 3.05) is 0 Å². The summed E-state index contributed by atoms with van der Waals surface area (Å²) in [4.78, 5) is 8.53. The summed E-state index contributed by atoms with van der Waals surface area (Å²) in [7, 11) is 0. The fourth-order valence-electron chi connectivity index (χ4n) is 1.79. The second kappa shape index (κ2) is 4.75. The molecule has 0 saturated heterocycles. The van der Waals surface area contributed by atoms with Crippen LogP contribution in [-0.4, -0.2) is 15.5 Å². The van der Waals surface area contributed by atoms with Crippen LogP contribution in [0.4, 0.5) is 0 Å². The van der Waals surface area contributed by atoms with Gasteiger partial charge < -0.3 is 16.0 Å². The predicted molar refractivity (Wildman–Crippen MR) is 72.6 cm³/mol. The lowest BCUT2D eigenvalue weighted by Crippen LogP contribution is -2.23. The van der Waals surface area contributed by atoms with Gasteiger partial charge in [0, 0.05) is 11.0 Å². The molecule has 0 atom stereocenters. The van der Waals surface area contributed by atoms with E-state index in [0.717, 1.165) is 27.9 Å². The van der Waals surface area contributed by atoms with Crippen molar-refractivity contribution in [3.63, 3.8) is 0 Å². The van der Waals surface area contributed by atoms with Crippen LogP contribution in [-0.2, 0) is 13.1 Å². The molecule has 0 unspecified atom stereocenters. The van der Waals surface area contributed by atoms with E-state index in [0.29, 0.717) is 6.54 Å². The molecule has 6 heteroatoms. The molecule has 90 valence electrons. The highest BCUT2D eigenvalue weighted by Gasteiger charge is 2.08. The molecule has 0 amide bonds. The first kappa shape index (κ1) is 11.9. The van der Waals surface area contributed by atoms with Gasteiger partial charge in [0.2, 0.25) is 0 Å². The van der Waals surface area contributed by atoms with Gasteiger partial charge in [-0.25, -0.2) is 9.98 Å². The Bertz CT molecular complexity index is 568. The fourth-order valence-corrected chi connectivity index (χ4v) is 2.14. The summed E-state index contributed by atoms with van der Waals surface area (Å²) in [6.07, 6.45) is 0. The largest absolute Gasteiger partial charge is 0.370 e. The van der Waals surface area contributed by atoms with E-state index < -0.39 is 0 Å². The van der Waals surface area contributed by atoms with Crippen molar-refractivity contribution >= 4 is 32.9 Å². The molecular weight excluding hydrogens is 282 g/mol. The minimum Gasteiger partial charge on any atom is -0.370 e.